The van der Waals surface area contributed by atoms with E-state index in [9.17, 15) is 9.18 Å². The summed E-state index contributed by atoms with van der Waals surface area (Å²) in [4.78, 5) is 14.9. The van der Waals surface area contributed by atoms with Crippen molar-refractivity contribution < 1.29 is 14.3 Å². The maximum absolute atomic E-state index is 13.5. The lowest BCUT2D eigenvalue weighted by Crippen LogP contribution is -2.19. The fraction of sp³-hybridized carbons (Fsp3) is 0.182. The lowest BCUT2D eigenvalue weighted by Gasteiger charge is -2.13. The highest BCUT2D eigenvalue weighted by Gasteiger charge is 2.23. The molecule has 0 spiro atoms. The Kier molecular flexibility index (Phi) is 3.13. The van der Waals surface area contributed by atoms with E-state index >= 15 is 0 Å². The van der Waals surface area contributed by atoms with Gasteiger partial charge in [0.1, 0.15) is 24.4 Å². The van der Waals surface area contributed by atoms with E-state index in [1.54, 1.807) is 6.07 Å². The molecule has 1 heterocycles. The van der Waals surface area contributed by atoms with Gasteiger partial charge in [0.05, 0.1) is 6.54 Å². The van der Waals surface area contributed by atoms with Crippen LogP contribution in [0.25, 0.3) is 0 Å². The fourth-order valence-corrected chi connectivity index (χ4v) is 1.58. The van der Waals surface area contributed by atoms with Crippen LogP contribution in [0.5, 0.6) is 0 Å². The van der Waals surface area contributed by atoms with E-state index in [1.165, 1.54) is 35.5 Å². The second kappa shape index (κ2) is 4.73. The third-order valence-electron chi connectivity index (χ3n) is 2.41. The number of carboxylic acids is 1. The van der Waals surface area contributed by atoms with Gasteiger partial charge in [-0.2, -0.15) is 5.10 Å². The summed E-state index contributed by atoms with van der Waals surface area (Å²) in [5, 5.41) is 12.9. The van der Waals surface area contributed by atoms with Crippen molar-refractivity contribution in [3.8, 4) is 0 Å². The molecule has 0 saturated heterocycles. The van der Waals surface area contributed by atoms with Gasteiger partial charge in [0.15, 0.2) is 0 Å². The molecule has 0 aliphatic carbocycles. The highest BCUT2D eigenvalue weighted by molar-refractivity contribution is 5.76. The molecule has 0 fully saturated rings. The van der Waals surface area contributed by atoms with E-state index in [1.807, 2.05) is 0 Å². The summed E-state index contributed by atoms with van der Waals surface area (Å²) in [6.45, 7) is 0.0519. The second-order valence-electron chi connectivity index (χ2n) is 3.53. The summed E-state index contributed by atoms with van der Waals surface area (Å²) in [5.41, 5.74) is 0.149. The molecule has 0 aliphatic heterocycles. The number of hydrogen-bond donors (Lipinski definition) is 1. The SMILES string of the molecule is O=C(O)C(Cn1cncn1)c1ccccc1F. The van der Waals surface area contributed by atoms with Gasteiger partial charge in [-0.1, -0.05) is 18.2 Å². The van der Waals surface area contributed by atoms with Crippen LogP contribution in [0.1, 0.15) is 11.5 Å². The number of halogens is 1. The van der Waals surface area contributed by atoms with Gasteiger partial charge in [-0.25, -0.2) is 9.37 Å². The number of hydrogen-bond acceptors (Lipinski definition) is 3. The Morgan fingerprint density at radius 1 is 1.47 bits per heavy atom. The first-order chi connectivity index (χ1) is 8.18. The molecule has 17 heavy (non-hydrogen) atoms. The van der Waals surface area contributed by atoms with Gasteiger partial charge < -0.3 is 5.11 Å². The molecule has 1 N–H and O–H groups in total. The Morgan fingerprint density at radius 3 is 2.82 bits per heavy atom. The quantitative estimate of drug-likeness (QED) is 0.866. The first-order valence-electron chi connectivity index (χ1n) is 4.98. The van der Waals surface area contributed by atoms with Gasteiger partial charge in [0, 0.05) is 5.56 Å². The lowest BCUT2D eigenvalue weighted by molar-refractivity contribution is -0.139. The van der Waals surface area contributed by atoms with Crippen LogP contribution in [-0.4, -0.2) is 25.8 Å². The normalized spacial score (nSPS) is 12.3. The van der Waals surface area contributed by atoms with E-state index in [4.69, 9.17) is 5.11 Å². The zero-order valence-corrected chi connectivity index (χ0v) is 8.82. The van der Waals surface area contributed by atoms with Gasteiger partial charge >= 0.3 is 5.97 Å². The Morgan fingerprint density at radius 2 is 2.24 bits per heavy atom. The topological polar surface area (TPSA) is 68.0 Å². The molecule has 88 valence electrons. The van der Waals surface area contributed by atoms with E-state index in [0.717, 1.165) is 0 Å². The molecule has 6 heteroatoms. The third-order valence-corrected chi connectivity index (χ3v) is 2.41. The average molecular weight is 235 g/mol. The molecule has 0 radical (unpaired) electrons. The number of carboxylic acid groups (broad SMARTS) is 1. The number of benzene rings is 1. The van der Waals surface area contributed by atoms with Crippen molar-refractivity contribution in [1.82, 2.24) is 14.8 Å². The number of aliphatic carboxylic acids is 1. The van der Waals surface area contributed by atoms with Crippen LogP contribution in [0.4, 0.5) is 4.39 Å². The molecule has 0 aliphatic rings. The molecule has 1 aromatic carbocycles. The van der Waals surface area contributed by atoms with Crippen molar-refractivity contribution in [1.29, 1.82) is 0 Å². The van der Waals surface area contributed by atoms with Crippen LogP contribution < -0.4 is 0 Å². The van der Waals surface area contributed by atoms with Crippen LogP contribution in [0.3, 0.4) is 0 Å². The van der Waals surface area contributed by atoms with Crippen LogP contribution in [0.15, 0.2) is 36.9 Å². The first kappa shape index (κ1) is 11.3. The van der Waals surface area contributed by atoms with Crippen molar-refractivity contribution >= 4 is 5.97 Å². The van der Waals surface area contributed by atoms with Crippen LogP contribution in [0.2, 0.25) is 0 Å². The molecule has 1 atom stereocenters. The van der Waals surface area contributed by atoms with E-state index in [2.05, 4.69) is 10.1 Å². The Labute approximate surface area is 96.5 Å². The zero-order valence-electron chi connectivity index (χ0n) is 8.82. The molecule has 0 bridgehead atoms. The Balaban J connectivity index is 2.30. The van der Waals surface area contributed by atoms with Crippen molar-refractivity contribution in [2.75, 3.05) is 0 Å². The monoisotopic (exact) mass is 235 g/mol. The van der Waals surface area contributed by atoms with Crippen molar-refractivity contribution in [2.45, 2.75) is 12.5 Å². The number of carbonyl (C=O) groups is 1. The van der Waals surface area contributed by atoms with E-state index < -0.39 is 17.7 Å². The van der Waals surface area contributed by atoms with E-state index in [0.29, 0.717) is 0 Å². The predicted molar refractivity (Wildman–Crippen MR) is 56.8 cm³/mol. The smallest absolute Gasteiger partial charge is 0.312 e. The Bertz CT molecular complexity index is 513. The standard InChI is InChI=1S/C11H10FN3O2/c12-10-4-2-1-3-8(10)9(11(16)17)5-15-7-13-6-14-15/h1-4,6-7,9H,5H2,(H,16,17). The molecule has 1 aromatic heterocycles. The number of rotatable bonds is 4. The minimum atomic E-state index is -1.09. The number of aromatic nitrogens is 3. The van der Waals surface area contributed by atoms with Gasteiger partial charge in [0.2, 0.25) is 0 Å². The predicted octanol–water partition coefficient (Wildman–Crippen LogP) is 1.29. The summed E-state index contributed by atoms with van der Waals surface area (Å²) in [6.07, 6.45) is 2.71. The average Bonchev–Trinajstić information content (AvgIpc) is 2.79. The molecule has 2 rings (SSSR count). The van der Waals surface area contributed by atoms with Gasteiger partial charge in [-0.15, -0.1) is 0 Å². The summed E-state index contributed by atoms with van der Waals surface area (Å²) >= 11 is 0. The highest BCUT2D eigenvalue weighted by atomic mass is 19.1. The molecule has 1 unspecified atom stereocenters. The van der Waals surface area contributed by atoms with Crippen molar-refractivity contribution in [3.05, 3.63) is 48.3 Å². The Hall–Kier alpha value is -2.24. The van der Waals surface area contributed by atoms with Gasteiger partial charge in [0.25, 0.3) is 0 Å². The molecule has 2 aromatic rings. The van der Waals surface area contributed by atoms with Gasteiger partial charge in [-0.05, 0) is 6.07 Å². The maximum Gasteiger partial charge on any atom is 0.312 e. The fourth-order valence-electron chi connectivity index (χ4n) is 1.58. The molecule has 5 nitrogen and oxygen atoms in total. The van der Waals surface area contributed by atoms with Gasteiger partial charge in [-0.3, -0.25) is 9.48 Å². The first-order valence-corrected chi connectivity index (χ1v) is 4.98. The summed E-state index contributed by atoms with van der Waals surface area (Å²) in [5.74, 6) is -2.59. The van der Waals surface area contributed by atoms with E-state index in [-0.39, 0.29) is 12.1 Å². The van der Waals surface area contributed by atoms with Crippen LogP contribution in [-0.2, 0) is 11.3 Å². The summed E-state index contributed by atoms with van der Waals surface area (Å²) in [7, 11) is 0. The molecular formula is C11H10FN3O2. The lowest BCUT2D eigenvalue weighted by atomic mass is 9.99. The molecule has 0 amide bonds. The minimum Gasteiger partial charge on any atom is -0.481 e. The largest absolute Gasteiger partial charge is 0.481 e. The summed E-state index contributed by atoms with van der Waals surface area (Å²) < 4.78 is 14.9. The number of nitrogens with zero attached hydrogens (tertiary/aromatic N) is 3. The minimum absolute atomic E-state index is 0.0519. The summed E-state index contributed by atoms with van der Waals surface area (Å²) in [6, 6.07) is 5.83. The third kappa shape index (κ3) is 2.47. The van der Waals surface area contributed by atoms with Crippen molar-refractivity contribution in [2.24, 2.45) is 0 Å². The molecule has 0 saturated carbocycles. The van der Waals surface area contributed by atoms with Crippen LogP contribution in [0, 0.1) is 5.82 Å². The molecular weight excluding hydrogens is 225 g/mol. The van der Waals surface area contributed by atoms with Crippen LogP contribution >= 0.6 is 0 Å². The van der Waals surface area contributed by atoms with Crippen molar-refractivity contribution in [3.63, 3.8) is 0 Å². The highest BCUT2D eigenvalue weighted by Crippen LogP contribution is 2.21. The zero-order chi connectivity index (χ0) is 12.3. The second-order valence-corrected chi connectivity index (χ2v) is 3.53. The maximum atomic E-state index is 13.5.